The van der Waals surface area contributed by atoms with Crippen LogP contribution >= 0.6 is 24.8 Å². The van der Waals surface area contributed by atoms with Gasteiger partial charge in [0, 0.05) is 18.0 Å². The standard InChI is InChI=1S/C22H25N3O2.2ClH/c1-2-13-25(16-9-11-23-12-10-16)22(26)18-15-20(21-8-5-14-27-21)24-19-7-4-3-6-17(18)19;;/h3-8,14-16,23H,2,9-13H2,1H3;2*1H. The van der Waals surface area contributed by atoms with Crippen LogP contribution in [-0.4, -0.2) is 41.5 Å². The Morgan fingerprint density at radius 2 is 1.93 bits per heavy atom. The van der Waals surface area contributed by atoms with Crippen molar-refractivity contribution in [3.63, 3.8) is 0 Å². The molecule has 3 heterocycles. The third kappa shape index (κ3) is 4.92. The molecular weight excluding hydrogens is 409 g/mol. The van der Waals surface area contributed by atoms with Crippen LogP contribution in [0.2, 0.25) is 0 Å². The summed E-state index contributed by atoms with van der Waals surface area (Å²) in [5.41, 5.74) is 2.22. The number of fused-ring (bicyclic) bond motifs is 1. The van der Waals surface area contributed by atoms with E-state index in [1.165, 1.54) is 0 Å². The lowest BCUT2D eigenvalue weighted by molar-refractivity contribution is 0.0644. The molecule has 0 atom stereocenters. The van der Waals surface area contributed by atoms with E-state index in [-0.39, 0.29) is 36.8 Å². The Hall–Kier alpha value is -2.08. The molecule has 0 radical (unpaired) electrons. The predicted molar refractivity (Wildman–Crippen MR) is 121 cm³/mol. The number of carbonyl (C=O) groups excluding carboxylic acids is 1. The highest BCUT2D eigenvalue weighted by Crippen LogP contribution is 2.27. The lowest BCUT2D eigenvalue weighted by atomic mass is 10.0. The number of hydrogen-bond donors (Lipinski definition) is 1. The summed E-state index contributed by atoms with van der Waals surface area (Å²) in [7, 11) is 0. The number of nitrogens with zero attached hydrogens (tertiary/aromatic N) is 2. The van der Waals surface area contributed by atoms with Crippen molar-refractivity contribution in [2.24, 2.45) is 0 Å². The SMILES string of the molecule is CCCN(C(=O)c1cc(-c2ccco2)nc2ccccc12)C1CCNCC1.Cl.Cl. The summed E-state index contributed by atoms with van der Waals surface area (Å²) >= 11 is 0. The van der Waals surface area contributed by atoms with E-state index in [1.807, 2.05) is 42.5 Å². The number of amides is 1. The number of carbonyl (C=O) groups is 1. The lowest BCUT2D eigenvalue weighted by Crippen LogP contribution is -2.46. The fourth-order valence-electron chi connectivity index (χ4n) is 3.87. The van der Waals surface area contributed by atoms with Gasteiger partial charge >= 0.3 is 0 Å². The first kappa shape index (κ1) is 23.2. The Morgan fingerprint density at radius 1 is 1.17 bits per heavy atom. The van der Waals surface area contributed by atoms with Gasteiger partial charge in [-0.05, 0) is 56.6 Å². The first-order valence-electron chi connectivity index (χ1n) is 9.73. The molecule has 0 bridgehead atoms. The number of nitrogens with one attached hydrogen (secondary N) is 1. The number of furan rings is 1. The number of benzene rings is 1. The maximum atomic E-state index is 13.6. The molecule has 1 aliphatic rings. The number of piperidine rings is 1. The van der Waals surface area contributed by atoms with Crippen molar-refractivity contribution in [1.82, 2.24) is 15.2 Å². The molecule has 5 nitrogen and oxygen atoms in total. The van der Waals surface area contributed by atoms with E-state index in [0.717, 1.165) is 49.8 Å². The summed E-state index contributed by atoms with van der Waals surface area (Å²) in [5, 5.41) is 4.28. The smallest absolute Gasteiger partial charge is 0.254 e. The van der Waals surface area contributed by atoms with Crippen LogP contribution in [0.3, 0.4) is 0 Å². The Labute approximate surface area is 183 Å². The van der Waals surface area contributed by atoms with Crippen LogP contribution in [0.5, 0.6) is 0 Å². The minimum atomic E-state index is 0. The molecule has 4 rings (SSSR count). The molecule has 1 aliphatic heterocycles. The number of para-hydroxylation sites is 1. The second-order valence-corrected chi connectivity index (χ2v) is 7.03. The van der Waals surface area contributed by atoms with Crippen molar-refractivity contribution >= 4 is 41.6 Å². The van der Waals surface area contributed by atoms with Gasteiger partial charge in [-0.25, -0.2) is 4.98 Å². The first-order chi connectivity index (χ1) is 13.3. The van der Waals surface area contributed by atoms with E-state index >= 15 is 0 Å². The van der Waals surface area contributed by atoms with Crippen molar-refractivity contribution in [2.75, 3.05) is 19.6 Å². The summed E-state index contributed by atoms with van der Waals surface area (Å²) in [6.07, 6.45) is 4.58. The first-order valence-corrected chi connectivity index (χ1v) is 9.73. The van der Waals surface area contributed by atoms with Gasteiger partial charge in [-0.15, -0.1) is 24.8 Å². The monoisotopic (exact) mass is 435 g/mol. The molecule has 3 aromatic rings. The molecule has 0 aliphatic carbocycles. The fourth-order valence-corrected chi connectivity index (χ4v) is 3.87. The van der Waals surface area contributed by atoms with Crippen LogP contribution in [-0.2, 0) is 0 Å². The van der Waals surface area contributed by atoms with Crippen LogP contribution in [0.4, 0.5) is 0 Å². The van der Waals surface area contributed by atoms with Crippen LogP contribution < -0.4 is 5.32 Å². The summed E-state index contributed by atoms with van der Waals surface area (Å²) in [6.45, 7) is 4.83. The highest BCUT2D eigenvalue weighted by molar-refractivity contribution is 6.07. The minimum Gasteiger partial charge on any atom is -0.463 e. The number of halogens is 2. The molecule has 1 fully saturated rings. The van der Waals surface area contributed by atoms with Crippen molar-refractivity contribution in [2.45, 2.75) is 32.2 Å². The molecule has 1 N–H and O–H groups in total. The van der Waals surface area contributed by atoms with Gasteiger partial charge in [-0.3, -0.25) is 4.79 Å². The largest absolute Gasteiger partial charge is 0.463 e. The van der Waals surface area contributed by atoms with Crippen molar-refractivity contribution in [3.8, 4) is 11.5 Å². The Bertz CT molecular complexity index is 925. The van der Waals surface area contributed by atoms with Crippen molar-refractivity contribution in [3.05, 3.63) is 54.3 Å². The number of aromatic nitrogens is 1. The van der Waals surface area contributed by atoms with Crippen LogP contribution in [0, 0.1) is 0 Å². The summed E-state index contributed by atoms with van der Waals surface area (Å²) in [5.74, 6) is 0.772. The number of rotatable bonds is 5. The molecule has 7 heteroatoms. The highest BCUT2D eigenvalue weighted by atomic mass is 35.5. The van der Waals surface area contributed by atoms with E-state index in [2.05, 4.69) is 17.1 Å². The number of hydrogen-bond acceptors (Lipinski definition) is 4. The predicted octanol–water partition coefficient (Wildman–Crippen LogP) is 4.94. The molecule has 156 valence electrons. The van der Waals surface area contributed by atoms with E-state index in [9.17, 15) is 4.79 Å². The van der Waals surface area contributed by atoms with Gasteiger partial charge in [0.05, 0.1) is 17.3 Å². The van der Waals surface area contributed by atoms with Gasteiger partial charge in [-0.1, -0.05) is 25.1 Å². The molecule has 0 unspecified atom stereocenters. The van der Waals surface area contributed by atoms with E-state index < -0.39 is 0 Å². The summed E-state index contributed by atoms with van der Waals surface area (Å²) in [4.78, 5) is 20.4. The second-order valence-electron chi connectivity index (χ2n) is 7.03. The van der Waals surface area contributed by atoms with Gasteiger partial charge in [0.2, 0.25) is 0 Å². The van der Waals surface area contributed by atoms with Gasteiger partial charge in [0.15, 0.2) is 5.76 Å². The average Bonchev–Trinajstić information content (AvgIpc) is 3.26. The Balaban J connectivity index is 0.00000150. The van der Waals surface area contributed by atoms with E-state index in [1.54, 1.807) is 6.26 Å². The van der Waals surface area contributed by atoms with Gasteiger partial charge in [-0.2, -0.15) is 0 Å². The molecule has 0 spiro atoms. The quantitative estimate of drug-likeness (QED) is 0.616. The van der Waals surface area contributed by atoms with E-state index in [4.69, 9.17) is 9.40 Å². The third-order valence-corrected chi connectivity index (χ3v) is 5.20. The number of pyridine rings is 1. The van der Waals surface area contributed by atoms with E-state index in [0.29, 0.717) is 17.0 Å². The maximum Gasteiger partial charge on any atom is 0.254 e. The molecule has 1 aromatic carbocycles. The summed E-state index contributed by atoms with van der Waals surface area (Å²) in [6, 6.07) is 13.7. The van der Waals surface area contributed by atoms with Crippen LogP contribution in [0.15, 0.2) is 53.1 Å². The molecular formula is C22H27Cl2N3O2. The molecule has 0 saturated carbocycles. The third-order valence-electron chi connectivity index (χ3n) is 5.20. The van der Waals surface area contributed by atoms with Gasteiger partial charge in [0.1, 0.15) is 5.69 Å². The maximum absolute atomic E-state index is 13.6. The molecule has 1 amide bonds. The minimum absolute atomic E-state index is 0. The van der Waals surface area contributed by atoms with Crippen molar-refractivity contribution < 1.29 is 9.21 Å². The molecule has 2 aromatic heterocycles. The zero-order chi connectivity index (χ0) is 18.6. The van der Waals surface area contributed by atoms with Crippen molar-refractivity contribution in [1.29, 1.82) is 0 Å². The van der Waals surface area contributed by atoms with Crippen LogP contribution in [0.1, 0.15) is 36.5 Å². The zero-order valence-corrected chi connectivity index (χ0v) is 18.1. The van der Waals surface area contributed by atoms with Gasteiger partial charge < -0.3 is 14.6 Å². The second kappa shape index (κ2) is 10.6. The zero-order valence-electron chi connectivity index (χ0n) is 16.5. The molecule has 29 heavy (non-hydrogen) atoms. The van der Waals surface area contributed by atoms with Crippen LogP contribution in [0.25, 0.3) is 22.4 Å². The van der Waals surface area contributed by atoms with Gasteiger partial charge in [0.25, 0.3) is 5.91 Å². The highest BCUT2D eigenvalue weighted by Gasteiger charge is 2.27. The lowest BCUT2D eigenvalue weighted by Gasteiger charge is -2.35. The average molecular weight is 436 g/mol. The fraction of sp³-hybridized carbons (Fsp3) is 0.364. The normalized spacial score (nSPS) is 14.1. The Morgan fingerprint density at radius 3 is 2.62 bits per heavy atom. The molecule has 1 saturated heterocycles. The Kier molecular flexibility index (Phi) is 8.50. The summed E-state index contributed by atoms with van der Waals surface area (Å²) < 4.78 is 5.53. The topological polar surface area (TPSA) is 58.4 Å².